The lowest BCUT2D eigenvalue weighted by Crippen LogP contribution is -2.46. The summed E-state index contributed by atoms with van der Waals surface area (Å²) < 4.78 is 5.92. The van der Waals surface area contributed by atoms with E-state index in [9.17, 15) is 19.8 Å². The van der Waals surface area contributed by atoms with Gasteiger partial charge in [0.05, 0.1) is 25.2 Å². The summed E-state index contributed by atoms with van der Waals surface area (Å²) in [6, 6.07) is -0.711. The van der Waals surface area contributed by atoms with Gasteiger partial charge in [-0.15, -0.1) is 0 Å². The lowest BCUT2D eigenvalue weighted by molar-refractivity contribution is -0.151. The highest BCUT2D eigenvalue weighted by Crippen LogP contribution is 2.18. The molecule has 0 saturated heterocycles. The van der Waals surface area contributed by atoms with Gasteiger partial charge in [0.1, 0.15) is 6.10 Å². The third-order valence-corrected chi connectivity index (χ3v) is 12.0. The molecule has 61 heavy (non-hydrogen) atoms. The van der Waals surface area contributed by atoms with Crippen molar-refractivity contribution in [1.82, 2.24) is 5.32 Å². The van der Waals surface area contributed by atoms with Crippen molar-refractivity contribution in [3.63, 3.8) is 0 Å². The molecule has 0 bridgehead atoms. The molecule has 6 nitrogen and oxygen atoms in total. The average Bonchev–Trinajstić information content (AvgIpc) is 3.25. The number of allylic oxidation sites excluding steroid dienone is 8. The van der Waals surface area contributed by atoms with Crippen molar-refractivity contribution < 1.29 is 24.5 Å². The van der Waals surface area contributed by atoms with Crippen molar-refractivity contribution in [3.8, 4) is 0 Å². The second kappa shape index (κ2) is 48.8. The Bertz CT molecular complexity index is 1050. The summed E-state index contributed by atoms with van der Waals surface area (Å²) in [6.07, 6.45) is 58.8. The van der Waals surface area contributed by atoms with Crippen LogP contribution in [0, 0.1) is 0 Å². The molecule has 0 aromatic rings. The molecule has 0 aromatic heterocycles. The van der Waals surface area contributed by atoms with Crippen LogP contribution in [0.3, 0.4) is 0 Å². The van der Waals surface area contributed by atoms with Gasteiger partial charge in [-0.3, -0.25) is 9.59 Å². The number of hydrogen-bond acceptors (Lipinski definition) is 5. The van der Waals surface area contributed by atoms with Crippen LogP contribution in [0.25, 0.3) is 0 Å². The van der Waals surface area contributed by atoms with Gasteiger partial charge in [-0.1, -0.05) is 230 Å². The molecule has 3 atom stereocenters. The standard InChI is InChI=1S/C55H101NO5/c1-4-7-10-13-16-19-22-25-27-29-32-35-38-41-44-47-53(58)52(50-57)56-54(59)49-51(46-43-40-37-34-31-28-24-21-18-15-12-9-6-3)61-55(60)48-45-42-39-36-33-30-26-23-20-17-14-11-8-5-2/h9,12,15,18,21,24,30,33,51-53,57-58H,4-8,10-11,13-14,16-17,19-20,22-23,25-29,31-32,34-50H2,1-3H3,(H,56,59)/b12-9+,18-15+,24-21+,33-30-. The number of rotatable bonds is 47. The molecule has 0 radical (unpaired) electrons. The van der Waals surface area contributed by atoms with Crippen molar-refractivity contribution in [2.24, 2.45) is 0 Å². The first-order chi connectivity index (χ1) is 30.0. The number of unbranched alkanes of at least 4 members (excludes halogenated alkanes) is 29. The minimum absolute atomic E-state index is 0.0587. The Kier molecular flexibility index (Phi) is 47.1. The first-order valence-corrected chi connectivity index (χ1v) is 26.4. The van der Waals surface area contributed by atoms with Crippen molar-refractivity contribution in [2.45, 2.75) is 283 Å². The van der Waals surface area contributed by atoms with Gasteiger partial charge in [0.25, 0.3) is 0 Å². The monoisotopic (exact) mass is 856 g/mol. The fourth-order valence-corrected chi connectivity index (χ4v) is 7.96. The van der Waals surface area contributed by atoms with Gasteiger partial charge in [-0.25, -0.2) is 0 Å². The first kappa shape index (κ1) is 58.8. The maximum Gasteiger partial charge on any atom is 0.306 e. The van der Waals surface area contributed by atoms with E-state index >= 15 is 0 Å². The molecule has 3 unspecified atom stereocenters. The Morgan fingerprint density at radius 3 is 1.38 bits per heavy atom. The van der Waals surface area contributed by atoms with Crippen LogP contribution in [-0.4, -0.2) is 46.9 Å². The minimum atomic E-state index is -0.796. The highest BCUT2D eigenvalue weighted by atomic mass is 16.5. The summed E-state index contributed by atoms with van der Waals surface area (Å²) in [5.74, 6) is -0.507. The van der Waals surface area contributed by atoms with Crippen LogP contribution in [0.5, 0.6) is 0 Å². The summed E-state index contributed by atoms with van der Waals surface area (Å²) in [4.78, 5) is 26.1. The fourth-order valence-electron chi connectivity index (χ4n) is 7.96. The molecule has 356 valence electrons. The number of carbonyl (C=O) groups is 2. The predicted molar refractivity (Wildman–Crippen MR) is 264 cm³/mol. The van der Waals surface area contributed by atoms with Gasteiger partial charge in [-0.2, -0.15) is 0 Å². The van der Waals surface area contributed by atoms with Crippen LogP contribution >= 0.6 is 0 Å². The van der Waals surface area contributed by atoms with Crippen LogP contribution in [-0.2, 0) is 14.3 Å². The number of aliphatic hydroxyl groups is 2. The molecule has 3 N–H and O–H groups in total. The van der Waals surface area contributed by atoms with E-state index in [0.29, 0.717) is 19.3 Å². The summed E-state index contributed by atoms with van der Waals surface area (Å²) in [5, 5.41) is 23.8. The van der Waals surface area contributed by atoms with E-state index in [-0.39, 0.29) is 24.9 Å². The quantitative estimate of drug-likeness (QED) is 0.0245. The maximum absolute atomic E-state index is 13.2. The number of esters is 1. The number of hydrogen-bond donors (Lipinski definition) is 3. The lowest BCUT2D eigenvalue weighted by atomic mass is 10.0. The second-order valence-corrected chi connectivity index (χ2v) is 18.0. The number of aliphatic hydroxyl groups excluding tert-OH is 2. The summed E-state index contributed by atoms with van der Waals surface area (Å²) in [7, 11) is 0. The van der Waals surface area contributed by atoms with E-state index in [1.807, 2.05) is 0 Å². The Labute approximate surface area is 378 Å². The maximum atomic E-state index is 13.2. The Balaban J connectivity index is 4.58. The summed E-state index contributed by atoms with van der Waals surface area (Å²) in [6.45, 7) is 6.35. The third-order valence-electron chi connectivity index (χ3n) is 12.0. The van der Waals surface area contributed by atoms with E-state index < -0.39 is 18.2 Å². The van der Waals surface area contributed by atoms with Gasteiger partial charge >= 0.3 is 5.97 Å². The van der Waals surface area contributed by atoms with Gasteiger partial charge in [0.2, 0.25) is 5.91 Å². The van der Waals surface area contributed by atoms with Crippen molar-refractivity contribution in [3.05, 3.63) is 48.6 Å². The van der Waals surface area contributed by atoms with E-state index in [2.05, 4.69) is 74.7 Å². The molecule has 0 saturated carbocycles. The van der Waals surface area contributed by atoms with Crippen LogP contribution < -0.4 is 5.32 Å². The molecular formula is C55H101NO5. The third kappa shape index (κ3) is 44.2. The van der Waals surface area contributed by atoms with Crippen molar-refractivity contribution in [2.75, 3.05) is 6.61 Å². The van der Waals surface area contributed by atoms with Gasteiger partial charge in [-0.05, 0) is 70.6 Å². The van der Waals surface area contributed by atoms with Crippen LogP contribution in [0.2, 0.25) is 0 Å². The van der Waals surface area contributed by atoms with Crippen LogP contribution in [0.4, 0.5) is 0 Å². The molecule has 0 rings (SSSR count). The molecule has 0 aliphatic carbocycles. The highest BCUT2D eigenvalue weighted by Gasteiger charge is 2.24. The molecule has 0 heterocycles. The second-order valence-electron chi connectivity index (χ2n) is 18.0. The van der Waals surface area contributed by atoms with Crippen molar-refractivity contribution in [1.29, 1.82) is 0 Å². The highest BCUT2D eigenvalue weighted by molar-refractivity contribution is 5.77. The smallest absolute Gasteiger partial charge is 0.306 e. The van der Waals surface area contributed by atoms with E-state index in [4.69, 9.17) is 4.74 Å². The average molecular weight is 856 g/mol. The summed E-state index contributed by atoms with van der Waals surface area (Å²) >= 11 is 0. The van der Waals surface area contributed by atoms with Gasteiger partial charge in [0.15, 0.2) is 0 Å². The number of nitrogens with one attached hydrogen (secondary N) is 1. The Morgan fingerprint density at radius 1 is 0.492 bits per heavy atom. The largest absolute Gasteiger partial charge is 0.462 e. The molecule has 0 spiro atoms. The molecule has 6 heteroatoms. The molecule has 1 amide bonds. The lowest BCUT2D eigenvalue weighted by Gasteiger charge is -2.24. The molecule has 0 aromatic carbocycles. The normalized spacial score (nSPS) is 13.6. The zero-order chi connectivity index (χ0) is 44.5. The summed E-state index contributed by atoms with van der Waals surface area (Å²) in [5.41, 5.74) is 0. The molecular weight excluding hydrogens is 755 g/mol. The van der Waals surface area contributed by atoms with E-state index in [1.54, 1.807) is 0 Å². The topological polar surface area (TPSA) is 95.9 Å². The fraction of sp³-hybridized carbons (Fsp3) is 0.818. The minimum Gasteiger partial charge on any atom is -0.462 e. The Hall–Kier alpha value is -2.18. The number of amides is 1. The molecule has 0 aliphatic rings. The zero-order valence-corrected chi connectivity index (χ0v) is 40.5. The molecule has 0 aliphatic heterocycles. The SMILES string of the molecule is CC/C=C/C=C/C=C/CCCCCCCC(CC(=O)NC(CO)C(O)CCCCCCCCCCCCCCCCC)OC(=O)CCCCC/C=C\CCCCCCCCC. The first-order valence-electron chi connectivity index (χ1n) is 26.4. The Morgan fingerprint density at radius 2 is 0.902 bits per heavy atom. The predicted octanol–water partition coefficient (Wildman–Crippen LogP) is 15.8. The zero-order valence-electron chi connectivity index (χ0n) is 40.5. The van der Waals surface area contributed by atoms with Gasteiger partial charge in [0, 0.05) is 6.42 Å². The van der Waals surface area contributed by atoms with Crippen LogP contribution in [0.1, 0.15) is 265 Å². The number of ether oxygens (including phenoxy) is 1. The van der Waals surface area contributed by atoms with Crippen LogP contribution in [0.15, 0.2) is 48.6 Å². The van der Waals surface area contributed by atoms with E-state index in [1.165, 1.54) is 128 Å². The number of carbonyl (C=O) groups excluding carboxylic acids is 2. The van der Waals surface area contributed by atoms with E-state index in [0.717, 1.165) is 89.9 Å². The molecule has 0 fully saturated rings. The van der Waals surface area contributed by atoms with Gasteiger partial charge < -0.3 is 20.3 Å². The van der Waals surface area contributed by atoms with Crippen molar-refractivity contribution >= 4 is 11.9 Å².